The van der Waals surface area contributed by atoms with Crippen molar-refractivity contribution in [2.45, 2.75) is 25.8 Å². The maximum atomic E-state index is 13.9. The number of ether oxygens (including phenoxy) is 1. The van der Waals surface area contributed by atoms with Gasteiger partial charge < -0.3 is 15.4 Å². The summed E-state index contributed by atoms with van der Waals surface area (Å²) in [6, 6.07) is 4.44. The van der Waals surface area contributed by atoms with Gasteiger partial charge in [-0.2, -0.15) is 0 Å². The number of rotatable bonds is 3. The van der Waals surface area contributed by atoms with Crippen LogP contribution in [-0.2, 0) is 0 Å². The molecule has 1 aromatic rings. The molecule has 20 heavy (non-hydrogen) atoms. The van der Waals surface area contributed by atoms with Crippen molar-refractivity contribution in [1.29, 1.82) is 0 Å². The summed E-state index contributed by atoms with van der Waals surface area (Å²) in [5.41, 5.74) is 6.12. The molecule has 1 fully saturated rings. The fraction of sp³-hybridized carbons (Fsp3) is 0.533. The first-order valence-corrected chi connectivity index (χ1v) is 6.95. The first-order chi connectivity index (χ1) is 9.56. The minimum Gasteiger partial charge on any atom is -0.497 e. The van der Waals surface area contributed by atoms with E-state index in [1.807, 2.05) is 0 Å². The number of nitrogens with zero attached hydrogens (tertiary/aromatic N) is 1. The normalized spacial score (nSPS) is 22.7. The van der Waals surface area contributed by atoms with Crippen molar-refractivity contribution in [3.8, 4) is 5.75 Å². The zero-order valence-electron chi connectivity index (χ0n) is 11.9. The van der Waals surface area contributed by atoms with Crippen molar-refractivity contribution < 1.29 is 13.9 Å². The van der Waals surface area contributed by atoms with Crippen LogP contribution in [0.1, 0.15) is 30.1 Å². The minimum absolute atomic E-state index is 0.0936. The molecule has 1 saturated heterocycles. The number of nitrogens with two attached hydrogens (primary N) is 1. The Morgan fingerprint density at radius 2 is 2.30 bits per heavy atom. The van der Waals surface area contributed by atoms with Crippen molar-refractivity contribution in [2.75, 3.05) is 20.2 Å². The van der Waals surface area contributed by atoms with Gasteiger partial charge >= 0.3 is 0 Å². The van der Waals surface area contributed by atoms with Crippen molar-refractivity contribution >= 4 is 5.91 Å². The molecular weight excluding hydrogens is 259 g/mol. The highest BCUT2D eigenvalue weighted by Gasteiger charge is 2.29. The molecule has 0 saturated carbocycles. The van der Waals surface area contributed by atoms with E-state index in [0.29, 0.717) is 18.8 Å². The molecule has 0 radical (unpaired) electrons. The number of amides is 1. The predicted molar refractivity (Wildman–Crippen MR) is 75.2 cm³/mol. The van der Waals surface area contributed by atoms with Crippen LogP contribution in [0.4, 0.5) is 4.39 Å². The molecule has 0 spiro atoms. The van der Waals surface area contributed by atoms with E-state index >= 15 is 0 Å². The Morgan fingerprint density at radius 3 is 2.90 bits per heavy atom. The number of carbonyl (C=O) groups is 1. The van der Waals surface area contributed by atoms with Gasteiger partial charge in [0, 0.05) is 25.2 Å². The molecule has 2 atom stereocenters. The Labute approximate surface area is 118 Å². The third kappa shape index (κ3) is 2.93. The molecule has 0 bridgehead atoms. The van der Waals surface area contributed by atoms with E-state index in [9.17, 15) is 9.18 Å². The molecule has 110 valence electrons. The first kappa shape index (κ1) is 14.8. The Bertz CT molecular complexity index is 493. The highest BCUT2D eigenvalue weighted by molar-refractivity contribution is 5.94. The summed E-state index contributed by atoms with van der Waals surface area (Å²) in [6.45, 7) is 3.25. The lowest BCUT2D eigenvalue weighted by molar-refractivity contribution is 0.0644. The first-order valence-electron chi connectivity index (χ1n) is 6.95. The van der Waals surface area contributed by atoms with Gasteiger partial charge in [0.25, 0.3) is 5.91 Å². The van der Waals surface area contributed by atoms with Gasteiger partial charge in [-0.15, -0.1) is 0 Å². The standard InChI is InChI=1S/C15H21FN2O2/c1-3-10-9-18(7-6-14(10)17)15(19)12-5-4-11(20-2)8-13(12)16/h4-5,8,10,14H,3,6-7,9,17H2,1-2H3. The van der Waals surface area contributed by atoms with E-state index in [1.54, 1.807) is 11.0 Å². The lowest BCUT2D eigenvalue weighted by Gasteiger charge is -2.36. The van der Waals surface area contributed by atoms with Gasteiger partial charge in [-0.05, 0) is 24.5 Å². The van der Waals surface area contributed by atoms with Crippen LogP contribution in [-0.4, -0.2) is 37.0 Å². The fourth-order valence-electron chi connectivity index (χ4n) is 2.63. The molecule has 1 heterocycles. The maximum Gasteiger partial charge on any atom is 0.256 e. The van der Waals surface area contributed by atoms with Gasteiger partial charge in [0.2, 0.25) is 0 Å². The zero-order valence-corrected chi connectivity index (χ0v) is 11.9. The monoisotopic (exact) mass is 280 g/mol. The van der Waals surface area contributed by atoms with Crippen LogP contribution in [0, 0.1) is 11.7 Å². The maximum absolute atomic E-state index is 13.9. The summed E-state index contributed by atoms with van der Waals surface area (Å²) in [7, 11) is 1.47. The van der Waals surface area contributed by atoms with Crippen LogP contribution >= 0.6 is 0 Å². The molecular formula is C15H21FN2O2. The lowest BCUT2D eigenvalue weighted by Crippen LogP contribution is -2.49. The second-order valence-corrected chi connectivity index (χ2v) is 5.22. The number of carbonyl (C=O) groups excluding carboxylic acids is 1. The zero-order chi connectivity index (χ0) is 14.7. The minimum atomic E-state index is -0.544. The van der Waals surface area contributed by atoms with E-state index in [2.05, 4.69) is 6.92 Å². The Morgan fingerprint density at radius 1 is 1.55 bits per heavy atom. The molecule has 2 rings (SSSR count). The summed E-state index contributed by atoms with van der Waals surface area (Å²) in [4.78, 5) is 14.1. The molecule has 5 heteroatoms. The van der Waals surface area contributed by atoms with E-state index in [4.69, 9.17) is 10.5 Å². The van der Waals surface area contributed by atoms with Crippen LogP contribution < -0.4 is 10.5 Å². The van der Waals surface area contributed by atoms with Crippen LogP contribution in [0.3, 0.4) is 0 Å². The van der Waals surface area contributed by atoms with Gasteiger partial charge in [0.05, 0.1) is 12.7 Å². The van der Waals surface area contributed by atoms with Crippen molar-refractivity contribution in [2.24, 2.45) is 11.7 Å². The lowest BCUT2D eigenvalue weighted by atomic mass is 9.90. The molecule has 1 aliphatic heterocycles. The average molecular weight is 280 g/mol. The Balaban J connectivity index is 2.15. The van der Waals surface area contributed by atoms with E-state index in [0.717, 1.165) is 12.8 Å². The molecule has 1 amide bonds. The topological polar surface area (TPSA) is 55.6 Å². The smallest absolute Gasteiger partial charge is 0.256 e. The number of halogens is 1. The second kappa shape index (κ2) is 6.22. The van der Waals surface area contributed by atoms with Gasteiger partial charge in [0.15, 0.2) is 0 Å². The SMILES string of the molecule is CCC1CN(C(=O)c2ccc(OC)cc2F)CCC1N. The van der Waals surface area contributed by atoms with Crippen LogP contribution in [0.5, 0.6) is 5.75 Å². The number of hydrogen-bond acceptors (Lipinski definition) is 3. The van der Waals surface area contributed by atoms with Crippen molar-refractivity contribution in [1.82, 2.24) is 4.90 Å². The summed E-state index contributed by atoms with van der Waals surface area (Å²) in [6.07, 6.45) is 1.69. The number of benzene rings is 1. The molecule has 2 unspecified atom stereocenters. The van der Waals surface area contributed by atoms with E-state index in [-0.39, 0.29) is 23.4 Å². The van der Waals surface area contributed by atoms with Gasteiger partial charge in [-0.3, -0.25) is 4.79 Å². The second-order valence-electron chi connectivity index (χ2n) is 5.22. The fourth-order valence-corrected chi connectivity index (χ4v) is 2.63. The van der Waals surface area contributed by atoms with Crippen LogP contribution in [0.15, 0.2) is 18.2 Å². The third-order valence-corrected chi connectivity index (χ3v) is 4.01. The number of likely N-dealkylation sites (tertiary alicyclic amines) is 1. The van der Waals surface area contributed by atoms with Crippen LogP contribution in [0.25, 0.3) is 0 Å². The summed E-state index contributed by atoms with van der Waals surface area (Å²) in [5, 5.41) is 0. The molecule has 2 N–H and O–H groups in total. The summed E-state index contributed by atoms with van der Waals surface area (Å²) in [5.74, 6) is -0.118. The van der Waals surface area contributed by atoms with E-state index < -0.39 is 5.82 Å². The summed E-state index contributed by atoms with van der Waals surface area (Å²) < 4.78 is 18.9. The number of methoxy groups -OCH3 is 1. The van der Waals surface area contributed by atoms with E-state index in [1.165, 1.54) is 19.2 Å². The quantitative estimate of drug-likeness (QED) is 0.921. The van der Waals surface area contributed by atoms with Gasteiger partial charge in [-0.1, -0.05) is 13.3 Å². The summed E-state index contributed by atoms with van der Waals surface area (Å²) >= 11 is 0. The van der Waals surface area contributed by atoms with Crippen LogP contribution in [0.2, 0.25) is 0 Å². The average Bonchev–Trinajstić information content (AvgIpc) is 2.47. The number of hydrogen-bond donors (Lipinski definition) is 1. The van der Waals surface area contributed by atoms with Crippen molar-refractivity contribution in [3.05, 3.63) is 29.6 Å². The van der Waals surface area contributed by atoms with Crippen molar-refractivity contribution in [3.63, 3.8) is 0 Å². The van der Waals surface area contributed by atoms with Gasteiger partial charge in [0.1, 0.15) is 11.6 Å². The molecule has 4 nitrogen and oxygen atoms in total. The largest absolute Gasteiger partial charge is 0.497 e. The molecule has 0 aromatic heterocycles. The highest BCUT2D eigenvalue weighted by atomic mass is 19.1. The number of piperidine rings is 1. The highest BCUT2D eigenvalue weighted by Crippen LogP contribution is 2.23. The Hall–Kier alpha value is -1.62. The molecule has 0 aliphatic carbocycles. The Kier molecular flexibility index (Phi) is 4.60. The predicted octanol–water partition coefficient (Wildman–Crippen LogP) is 2.03. The third-order valence-electron chi connectivity index (χ3n) is 4.01. The van der Waals surface area contributed by atoms with Gasteiger partial charge in [-0.25, -0.2) is 4.39 Å². The molecule has 1 aromatic carbocycles. The molecule has 1 aliphatic rings.